The molecule has 34 heavy (non-hydrogen) atoms. The SMILES string of the molecule is CC(O)(CNC(=O)[C@@H]1CCC[C@@H]1CNC(=O)OCC1c2ccccc2-c2ccccc21)C(=O)O. The van der Waals surface area contributed by atoms with Gasteiger partial charge in [0, 0.05) is 18.4 Å². The third-order valence-electron chi connectivity index (χ3n) is 6.92. The Morgan fingerprint density at radius 2 is 1.62 bits per heavy atom. The van der Waals surface area contributed by atoms with Crippen LogP contribution in [-0.4, -0.2) is 53.5 Å². The van der Waals surface area contributed by atoms with E-state index < -0.39 is 17.7 Å². The lowest BCUT2D eigenvalue weighted by atomic mass is 9.94. The van der Waals surface area contributed by atoms with Crippen LogP contribution in [0.25, 0.3) is 11.1 Å². The van der Waals surface area contributed by atoms with Gasteiger partial charge in [-0.05, 0) is 47.9 Å². The highest BCUT2D eigenvalue weighted by molar-refractivity contribution is 5.82. The molecule has 8 nitrogen and oxygen atoms in total. The van der Waals surface area contributed by atoms with E-state index in [4.69, 9.17) is 9.84 Å². The molecule has 2 aliphatic carbocycles. The lowest BCUT2D eigenvalue weighted by molar-refractivity contribution is -0.156. The van der Waals surface area contributed by atoms with Gasteiger partial charge in [0.05, 0.1) is 6.54 Å². The predicted molar refractivity (Wildman–Crippen MR) is 125 cm³/mol. The van der Waals surface area contributed by atoms with Crippen LogP contribution in [0.1, 0.15) is 43.2 Å². The second-order valence-corrected chi connectivity index (χ2v) is 9.30. The van der Waals surface area contributed by atoms with E-state index in [1.165, 1.54) is 0 Å². The van der Waals surface area contributed by atoms with Gasteiger partial charge in [-0.15, -0.1) is 0 Å². The molecule has 4 N–H and O–H groups in total. The Morgan fingerprint density at radius 3 is 2.24 bits per heavy atom. The zero-order chi connectivity index (χ0) is 24.3. The molecule has 4 rings (SSSR count). The number of hydrogen-bond donors (Lipinski definition) is 4. The van der Waals surface area contributed by atoms with E-state index in [0.717, 1.165) is 42.0 Å². The standard InChI is InChI=1S/C26H30N2O6/c1-26(33,24(30)31)15-28-23(29)17-12-6-7-16(17)13-27-25(32)34-14-22-20-10-4-2-8-18(20)19-9-3-5-11-21(19)22/h2-5,8-11,16-17,22,33H,6-7,12-15H2,1H3,(H,27,32)(H,28,29)(H,30,31)/t16-,17-,26?/m1/s1. The van der Waals surface area contributed by atoms with Gasteiger partial charge in [-0.3, -0.25) is 4.79 Å². The number of carbonyl (C=O) groups is 3. The van der Waals surface area contributed by atoms with Crippen molar-refractivity contribution >= 4 is 18.0 Å². The quantitative estimate of drug-likeness (QED) is 0.474. The highest BCUT2D eigenvalue weighted by Crippen LogP contribution is 2.44. The molecule has 2 aromatic carbocycles. The van der Waals surface area contributed by atoms with E-state index in [-0.39, 0.29) is 36.8 Å². The number of carbonyl (C=O) groups excluding carboxylic acids is 2. The summed E-state index contributed by atoms with van der Waals surface area (Å²) in [6, 6.07) is 16.3. The summed E-state index contributed by atoms with van der Waals surface area (Å²) in [5.74, 6) is -2.15. The fraction of sp³-hybridized carbons (Fsp3) is 0.423. The third-order valence-corrected chi connectivity index (χ3v) is 6.92. The van der Waals surface area contributed by atoms with Crippen LogP contribution in [0.3, 0.4) is 0 Å². The zero-order valence-electron chi connectivity index (χ0n) is 19.1. The molecule has 0 radical (unpaired) electrons. The molecule has 0 aliphatic heterocycles. The fourth-order valence-corrected chi connectivity index (χ4v) is 4.96. The van der Waals surface area contributed by atoms with Crippen molar-refractivity contribution in [2.45, 2.75) is 37.7 Å². The molecular weight excluding hydrogens is 436 g/mol. The number of fused-ring (bicyclic) bond motifs is 3. The molecule has 1 unspecified atom stereocenters. The minimum absolute atomic E-state index is 0.0230. The van der Waals surface area contributed by atoms with E-state index in [1.54, 1.807) is 0 Å². The third kappa shape index (κ3) is 4.92. The van der Waals surface area contributed by atoms with Crippen molar-refractivity contribution in [3.63, 3.8) is 0 Å². The summed E-state index contributed by atoms with van der Waals surface area (Å²) in [5, 5.41) is 24.1. The molecule has 0 heterocycles. The number of alkyl carbamates (subject to hydrolysis) is 1. The Hall–Kier alpha value is -3.39. The van der Waals surface area contributed by atoms with Gasteiger partial charge in [-0.1, -0.05) is 55.0 Å². The Labute approximate surface area is 198 Å². The van der Waals surface area contributed by atoms with Crippen molar-refractivity contribution in [1.29, 1.82) is 0 Å². The smallest absolute Gasteiger partial charge is 0.407 e. The van der Waals surface area contributed by atoms with Crippen LogP contribution < -0.4 is 10.6 Å². The Balaban J connectivity index is 1.29. The lowest BCUT2D eigenvalue weighted by Gasteiger charge is -2.23. The number of benzene rings is 2. The van der Waals surface area contributed by atoms with Crippen molar-refractivity contribution < 1.29 is 29.3 Å². The van der Waals surface area contributed by atoms with Crippen LogP contribution in [0.2, 0.25) is 0 Å². The summed E-state index contributed by atoms with van der Waals surface area (Å²) in [4.78, 5) is 36.0. The van der Waals surface area contributed by atoms with Crippen molar-refractivity contribution in [2.75, 3.05) is 19.7 Å². The number of aliphatic hydroxyl groups is 1. The largest absolute Gasteiger partial charge is 0.479 e. The average Bonchev–Trinajstić information content (AvgIpc) is 3.42. The highest BCUT2D eigenvalue weighted by atomic mass is 16.5. The van der Waals surface area contributed by atoms with Gasteiger partial charge in [0.1, 0.15) is 6.61 Å². The van der Waals surface area contributed by atoms with E-state index in [9.17, 15) is 19.5 Å². The summed E-state index contributed by atoms with van der Waals surface area (Å²) in [6.07, 6.45) is 1.74. The number of ether oxygens (including phenoxy) is 1. The molecular formula is C26H30N2O6. The molecule has 0 aromatic heterocycles. The van der Waals surface area contributed by atoms with E-state index in [1.807, 2.05) is 24.3 Å². The van der Waals surface area contributed by atoms with E-state index >= 15 is 0 Å². The fourth-order valence-electron chi connectivity index (χ4n) is 4.96. The lowest BCUT2D eigenvalue weighted by Crippen LogP contribution is -2.48. The Morgan fingerprint density at radius 1 is 1.00 bits per heavy atom. The highest BCUT2D eigenvalue weighted by Gasteiger charge is 2.36. The normalized spacial score (nSPS) is 20.6. The minimum Gasteiger partial charge on any atom is -0.479 e. The predicted octanol–water partition coefficient (Wildman–Crippen LogP) is 2.89. The molecule has 0 bridgehead atoms. The number of rotatable bonds is 8. The molecule has 1 fully saturated rings. The summed E-state index contributed by atoms with van der Waals surface area (Å²) in [6.45, 7) is 1.29. The maximum absolute atomic E-state index is 12.5. The molecule has 1 saturated carbocycles. The second kappa shape index (κ2) is 9.85. The maximum atomic E-state index is 12.5. The van der Waals surface area contributed by atoms with Gasteiger partial charge >= 0.3 is 12.1 Å². The number of aliphatic carboxylic acids is 1. The first kappa shape index (κ1) is 23.8. The van der Waals surface area contributed by atoms with Crippen LogP contribution in [0.15, 0.2) is 48.5 Å². The minimum atomic E-state index is -2.02. The summed E-state index contributed by atoms with van der Waals surface area (Å²) < 4.78 is 5.56. The zero-order valence-corrected chi connectivity index (χ0v) is 19.1. The van der Waals surface area contributed by atoms with Crippen molar-refractivity contribution in [1.82, 2.24) is 10.6 Å². The van der Waals surface area contributed by atoms with Crippen molar-refractivity contribution in [2.24, 2.45) is 11.8 Å². The van der Waals surface area contributed by atoms with Crippen molar-refractivity contribution in [3.8, 4) is 11.1 Å². The topological polar surface area (TPSA) is 125 Å². The molecule has 0 saturated heterocycles. The Kier molecular flexibility index (Phi) is 6.88. The average molecular weight is 467 g/mol. The van der Waals surface area contributed by atoms with Gasteiger partial charge in [0.25, 0.3) is 0 Å². The van der Waals surface area contributed by atoms with Crippen LogP contribution in [-0.2, 0) is 14.3 Å². The van der Waals surface area contributed by atoms with E-state index in [2.05, 4.69) is 34.9 Å². The molecule has 180 valence electrons. The first-order valence-corrected chi connectivity index (χ1v) is 11.6. The molecule has 2 aliphatic rings. The summed E-state index contributed by atoms with van der Waals surface area (Å²) >= 11 is 0. The van der Waals surface area contributed by atoms with Crippen LogP contribution in [0, 0.1) is 11.8 Å². The Bertz CT molecular complexity index is 1040. The first-order valence-electron chi connectivity index (χ1n) is 11.6. The van der Waals surface area contributed by atoms with Gasteiger partial charge in [-0.2, -0.15) is 0 Å². The number of carboxylic acid groups (broad SMARTS) is 1. The van der Waals surface area contributed by atoms with Crippen LogP contribution in [0.4, 0.5) is 4.79 Å². The van der Waals surface area contributed by atoms with Gasteiger partial charge in [0.15, 0.2) is 5.60 Å². The van der Waals surface area contributed by atoms with Gasteiger partial charge < -0.3 is 25.6 Å². The van der Waals surface area contributed by atoms with Gasteiger partial charge in [0.2, 0.25) is 5.91 Å². The molecule has 3 atom stereocenters. The van der Waals surface area contributed by atoms with Crippen LogP contribution >= 0.6 is 0 Å². The first-order chi connectivity index (χ1) is 16.3. The van der Waals surface area contributed by atoms with Crippen molar-refractivity contribution in [3.05, 3.63) is 59.7 Å². The summed E-state index contributed by atoms with van der Waals surface area (Å²) in [5.41, 5.74) is 2.58. The second-order valence-electron chi connectivity index (χ2n) is 9.30. The number of carboxylic acids is 1. The molecule has 0 spiro atoms. The van der Waals surface area contributed by atoms with E-state index in [0.29, 0.717) is 13.0 Å². The number of amides is 2. The molecule has 2 aromatic rings. The number of hydrogen-bond acceptors (Lipinski definition) is 5. The number of nitrogens with one attached hydrogen (secondary N) is 2. The molecule has 8 heteroatoms. The maximum Gasteiger partial charge on any atom is 0.407 e. The van der Waals surface area contributed by atoms with Gasteiger partial charge in [-0.25, -0.2) is 9.59 Å². The summed E-state index contributed by atoms with van der Waals surface area (Å²) in [7, 11) is 0. The molecule has 2 amide bonds. The van der Waals surface area contributed by atoms with Crippen LogP contribution in [0.5, 0.6) is 0 Å². The monoisotopic (exact) mass is 466 g/mol.